The van der Waals surface area contributed by atoms with Crippen molar-refractivity contribution in [2.75, 3.05) is 5.32 Å². The summed E-state index contributed by atoms with van der Waals surface area (Å²) in [5.74, 6) is 1.69. The van der Waals surface area contributed by atoms with Crippen LogP contribution in [0.4, 0.5) is 5.82 Å². The highest BCUT2D eigenvalue weighted by Gasteiger charge is 2.25. The van der Waals surface area contributed by atoms with Gasteiger partial charge >= 0.3 is 0 Å². The number of hydrogen-bond acceptors (Lipinski definition) is 2. The third-order valence-corrected chi connectivity index (χ3v) is 4.30. The fourth-order valence-electron chi connectivity index (χ4n) is 3.25. The van der Waals surface area contributed by atoms with Gasteiger partial charge in [-0.1, -0.05) is 49.6 Å². The highest BCUT2D eigenvalue weighted by Crippen LogP contribution is 2.36. The Labute approximate surface area is 121 Å². The van der Waals surface area contributed by atoms with Gasteiger partial charge in [-0.15, -0.1) is 0 Å². The van der Waals surface area contributed by atoms with E-state index in [2.05, 4.69) is 46.8 Å². The van der Waals surface area contributed by atoms with Crippen molar-refractivity contribution in [1.82, 2.24) is 9.78 Å². The minimum absolute atomic E-state index is 0.381. The topological polar surface area (TPSA) is 29.9 Å². The van der Waals surface area contributed by atoms with Crippen LogP contribution in [0.1, 0.15) is 43.7 Å². The molecule has 0 radical (unpaired) electrons. The number of rotatable bonds is 4. The normalized spacial score (nSPS) is 17.9. The van der Waals surface area contributed by atoms with Gasteiger partial charge in [0.05, 0.1) is 6.04 Å². The predicted octanol–water partition coefficient (Wildman–Crippen LogP) is 4.15. The lowest BCUT2D eigenvalue weighted by atomic mass is 9.81. The lowest BCUT2D eigenvalue weighted by Crippen LogP contribution is -2.23. The lowest BCUT2D eigenvalue weighted by Gasteiger charge is -2.31. The standard InChI is InChI=1S/C17H23N3/c1-20-13-12-16(19-20)18-17(14-8-4-2-5-9-14)15-10-6-3-7-11-15/h2,4-5,8-9,12-13,15,17H,3,6-7,10-11H2,1H3,(H,18,19). The third kappa shape index (κ3) is 3.03. The van der Waals surface area contributed by atoms with E-state index in [9.17, 15) is 0 Å². The SMILES string of the molecule is Cn1ccc(NC(c2ccccc2)C2CCCCC2)n1. The van der Waals surface area contributed by atoms with Crippen molar-refractivity contribution in [1.29, 1.82) is 0 Å². The molecule has 1 unspecified atom stereocenters. The van der Waals surface area contributed by atoms with Gasteiger partial charge in [0.1, 0.15) is 5.82 Å². The molecule has 0 saturated heterocycles. The summed E-state index contributed by atoms with van der Waals surface area (Å²) < 4.78 is 1.85. The molecule has 1 atom stereocenters. The van der Waals surface area contributed by atoms with Gasteiger partial charge in [-0.05, 0) is 24.3 Å². The van der Waals surface area contributed by atoms with E-state index >= 15 is 0 Å². The Morgan fingerprint density at radius 2 is 1.85 bits per heavy atom. The van der Waals surface area contributed by atoms with Gasteiger partial charge in [-0.2, -0.15) is 5.10 Å². The fraction of sp³-hybridized carbons (Fsp3) is 0.471. The number of nitrogens with zero attached hydrogens (tertiary/aromatic N) is 2. The molecule has 3 nitrogen and oxygen atoms in total. The summed E-state index contributed by atoms with van der Waals surface area (Å²) in [5, 5.41) is 8.13. The molecule has 1 aromatic heterocycles. The monoisotopic (exact) mass is 269 g/mol. The molecule has 1 aromatic carbocycles. The molecule has 1 saturated carbocycles. The number of nitrogens with one attached hydrogen (secondary N) is 1. The van der Waals surface area contributed by atoms with Gasteiger partial charge in [0.25, 0.3) is 0 Å². The minimum atomic E-state index is 0.381. The summed E-state index contributed by atoms with van der Waals surface area (Å²) in [4.78, 5) is 0. The fourth-order valence-corrected chi connectivity index (χ4v) is 3.25. The van der Waals surface area contributed by atoms with Crippen molar-refractivity contribution >= 4 is 5.82 Å². The van der Waals surface area contributed by atoms with Crippen molar-refractivity contribution in [2.24, 2.45) is 13.0 Å². The Balaban J connectivity index is 1.82. The molecule has 0 bridgehead atoms. The van der Waals surface area contributed by atoms with Gasteiger partial charge in [-0.3, -0.25) is 4.68 Å². The van der Waals surface area contributed by atoms with Crippen LogP contribution >= 0.6 is 0 Å². The number of anilines is 1. The zero-order valence-corrected chi connectivity index (χ0v) is 12.1. The Kier molecular flexibility index (Phi) is 4.05. The van der Waals surface area contributed by atoms with Crippen LogP contribution in [0.2, 0.25) is 0 Å². The van der Waals surface area contributed by atoms with E-state index in [1.54, 1.807) is 0 Å². The third-order valence-electron chi connectivity index (χ3n) is 4.30. The maximum absolute atomic E-state index is 4.48. The van der Waals surface area contributed by atoms with Crippen molar-refractivity contribution < 1.29 is 0 Å². The molecule has 0 aliphatic heterocycles. The van der Waals surface area contributed by atoms with E-state index in [0.29, 0.717) is 12.0 Å². The average molecular weight is 269 g/mol. The van der Waals surface area contributed by atoms with Crippen LogP contribution < -0.4 is 5.32 Å². The van der Waals surface area contributed by atoms with Crippen molar-refractivity contribution in [3.8, 4) is 0 Å². The minimum Gasteiger partial charge on any atom is -0.362 e. The number of aryl methyl sites for hydroxylation is 1. The predicted molar refractivity (Wildman–Crippen MR) is 82.6 cm³/mol. The molecule has 3 heteroatoms. The second kappa shape index (κ2) is 6.12. The Morgan fingerprint density at radius 1 is 1.10 bits per heavy atom. The van der Waals surface area contributed by atoms with Crippen LogP contribution in [0.3, 0.4) is 0 Å². The van der Waals surface area contributed by atoms with Crippen molar-refractivity contribution in [3.63, 3.8) is 0 Å². The van der Waals surface area contributed by atoms with E-state index in [1.165, 1.54) is 37.7 Å². The molecule has 3 rings (SSSR count). The highest BCUT2D eigenvalue weighted by molar-refractivity contribution is 5.37. The van der Waals surface area contributed by atoms with Gasteiger partial charge in [-0.25, -0.2) is 0 Å². The summed E-state index contributed by atoms with van der Waals surface area (Å²) in [6.45, 7) is 0. The number of aromatic nitrogens is 2. The second-order valence-corrected chi connectivity index (χ2v) is 5.81. The summed E-state index contributed by atoms with van der Waals surface area (Å²) in [6.07, 6.45) is 8.74. The number of hydrogen-bond donors (Lipinski definition) is 1. The van der Waals surface area contributed by atoms with Gasteiger partial charge in [0, 0.05) is 19.3 Å². The molecule has 1 heterocycles. The molecular weight excluding hydrogens is 246 g/mol. The molecule has 20 heavy (non-hydrogen) atoms. The summed E-state index contributed by atoms with van der Waals surface area (Å²) in [6, 6.07) is 13.2. The quantitative estimate of drug-likeness (QED) is 0.903. The summed E-state index contributed by atoms with van der Waals surface area (Å²) in [7, 11) is 1.96. The highest BCUT2D eigenvalue weighted by atomic mass is 15.3. The van der Waals surface area contributed by atoms with Crippen LogP contribution in [0.25, 0.3) is 0 Å². The largest absolute Gasteiger partial charge is 0.362 e. The zero-order chi connectivity index (χ0) is 13.8. The van der Waals surface area contributed by atoms with E-state index in [-0.39, 0.29) is 0 Å². The van der Waals surface area contributed by atoms with Crippen LogP contribution in [-0.2, 0) is 7.05 Å². The first-order valence-electron chi connectivity index (χ1n) is 7.64. The molecular formula is C17H23N3. The van der Waals surface area contributed by atoms with Crippen LogP contribution in [0, 0.1) is 5.92 Å². The molecule has 2 aromatic rings. The molecule has 0 spiro atoms. The Hall–Kier alpha value is -1.77. The first-order chi connectivity index (χ1) is 9.83. The van der Waals surface area contributed by atoms with E-state index in [4.69, 9.17) is 0 Å². The van der Waals surface area contributed by atoms with Crippen LogP contribution in [-0.4, -0.2) is 9.78 Å². The van der Waals surface area contributed by atoms with Crippen molar-refractivity contribution in [2.45, 2.75) is 38.1 Å². The van der Waals surface area contributed by atoms with Crippen molar-refractivity contribution in [3.05, 3.63) is 48.2 Å². The first-order valence-corrected chi connectivity index (χ1v) is 7.64. The van der Waals surface area contributed by atoms with Crippen LogP contribution in [0.15, 0.2) is 42.6 Å². The molecule has 0 amide bonds. The maximum Gasteiger partial charge on any atom is 0.148 e. The van der Waals surface area contributed by atoms with E-state index in [1.807, 2.05) is 17.9 Å². The molecule has 106 valence electrons. The van der Waals surface area contributed by atoms with E-state index < -0.39 is 0 Å². The maximum atomic E-state index is 4.48. The second-order valence-electron chi connectivity index (χ2n) is 5.81. The van der Waals surface area contributed by atoms with Crippen LogP contribution in [0.5, 0.6) is 0 Å². The lowest BCUT2D eigenvalue weighted by molar-refractivity contribution is 0.320. The number of benzene rings is 1. The first kappa shape index (κ1) is 13.2. The van der Waals surface area contributed by atoms with E-state index in [0.717, 1.165) is 5.82 Å². The Bertz CT molecular complexity index is 526. The average Bonchev–Trinajstić information content (AvgIpc) is 2.92. The smallest absolute Gasteiger partial charge is 0.148 e. The Morgan fingerprint density at radius 3 is 2.50 bits per heavy atom. The molecule has 1 fully saturated rings. The molecule has 1 N–H and O–H groups in total. The van der Waals surface area contributed by atoms with Gasteiger partial charge in [0.2, 0.25) is 0 Å². The molecule has 1 aliphatic rings. The van der Waals surface area contributed by atoms with Gasteiger partial charge in [0.15, 0.2) is 0 Å². The molecule has 1 aliphatic carbocycles. The summed E-state index contributed by atoms with van der Waals surface area (Å²) in [5.41, 5.74) is 1.38. The zero-order valence-electron chi connectivity index (χ0n) is 12.1. The summed E-state index contributed by atoms with van der Waals surface area (Å²) >= 11 is 0. The van der Waals surface area contributed by atoms with Gasteiger partial charge < -0.3 is 5.32 Å².